The molecule has 0 aliphatic heterocycles. The molecular formula is C31H26N4O3S. The molecular weight excluding hydrogens is 508 g/mol. The van der Waals surface area contributed by atoms with E-state index in [0.29, 0.717) is 11.7 Å². The van der Waals surface area contributed by atoms with Gasteiger partial charge in [0.1, 0.15) is 0 Å². The van der Waals surface area contributed by atoms with Crippen molar-refractivity contribution < 1.29 is 12.9 Å². The first kappa shape index (κ1) is 26.0. The number of rotatable bonds is 6. The van der Waals surface area contributed by atoms with Crippen molar-refractivity contribution in [1.29, 1.82) is 5.26 Å². The molecule has 0 spiro atoms. The fourth-order valence-corrected chi connectivity index (χ4v) is 5.03. The molecule has 7 nitrogen and oxygen atoms in total. The minimum atomic E-state index is -3.34. The summed E-state index contributed by atoms with van der Waals surface area (Å²) >= 11 is 0. The number of pyridine rings is 1. The van der Waals surface area contributed by atoms with E-state index in [2.05, 4.69) is 21.2 Å². The Morgan fingerprint density at radius 1 is 1.00 bits per heavy atom. The molecule has 0 saturated heterocycles. The topological polar surface area (TPSA) is 110 Å². The van der Waals surface area contributed by atoms with Gasteiger partial charge < -0.3 is 4.52 Å². The van der Waals surface area contributed by atoms with Crippen LogP contribution in [-0.4, -0.2) is 29.8 Å². The first-order chi connectivity index (χ1) is 18.5. The number of aryl methyl sites for hydroxylation is 1. The molecule has 5 aromatic rings. The van der Waals surface area contributed by atoms with E-state index in [9.17, 15) is 13.7 Å². The van der Waals surface area contributed by atoms with Crippen molar-refractivity contribution >= 4 is 32.4 Å². The highest BCUT2D eigenvalue weighted by Gasteiger charge is 2.22. The molecule has 0 aliphatic carbocycles. The molecule has 2 heterocycles. The molecule has 0 radical (unpaired) electrons. The van der Waals surface area contributed by atoms with Gasteiger partial charge in [-0.05, 0) is 85.0 Å². The molecule has 3 aromatic carbocycles. The Kier molecular flexibility index (Phi) is 6.62. The van der Waals surface area contributed by atoms with Gasteiger partial charge in [-0.1, -0.05) is 41.6 Å². The number of sulfone groups is 1. The van der Waals surface area contributed by atoms with Crippen molar-refractivity contribution in [1.82, 2.24) is 15.1 Å². The number of benzene rings is 3. The molecule has 0 amide bonds. The normalized spacial score (nSPS) is 12.4. The van der Waals surface area contributed by atoms with Gasteiger partial charge in [-0.15, -0.1) is 0 Å². The smallest absolute Gasteiger partial charge is 0.251 e. The van der Waals surface area contributed by atoms with E-state index in [-0.39, 0.29) is 4.90 Å². The van der Waals surface area contributed by atoms with Crippen LogP contribution in [-0.2, 0) is 15.3 Å². The zero-order valence-electron chi connectivity index (χ0n) is 22.0. The lowest BCUT2D eigenvalue weighted by molar-refractivity contribution is 0.405. The third kappa shape index (κ3) is 5.35. The van der Waals surface area contributed by atoms with Gasteiger partial charge in [-0.3, -0.25) is 4.98 Å². The summed E-state index contributed by atoms with van der Waals surface area (Å²) in [6.07, 6.45) is 4.74. The number of aromatic nitrogens is 3. The van der Waals surface area contributed by atoms with E-state index in [1.165, 1.54) is 6.26 Å². The Hall–Kier alpha value is -4.61. The largest absolute Gasteiger partial charge is 0.335 e. The van der Waals surface area contributed by atoms with Crippen LogP contribution in [0.25, 0.3) is 33.7 Å². The minimum absolute atomic E-state index is 0.238. The number of hydrogen-bond donors (Lipinski definition) is 0. The standard InChI is InChI=1S/C31H26N4O3S/c1-20-34-29(38-35-20)18-27(21-10-12-26(13-11-21)39(4,36)37)22-7-5-8-23(15-22)28-17-25(31(2,3)19-32)16-24-9-6-14-33-30(24)28/h5-18H,1-4H3/b27-18+. The van der Waals surface area contributed by atoms with Crippen molar-refractivity contribution in [3.63, 3.8) is 0 Å². The van der Waals surface area contributed by atoms with Gasteiger partial charge in [0.25, 0.3) is 5.89 Å². The Balaban J connectivity index is 1.70. The van der Waals surface area contributed by atoms with Crippen LogP contribution in [0.5, 0.6) is 0 Å². The van der Waals surface area contributed by atoms with E-state index < -0.39 is 15.3 Å². The average Bonchev–Trinajstić information content (AvgIpc) is 3.35. The molecule has 194 valence electrons. The summed E-state index contributed by atoms with van der Waals surface area (Å²) in [5.74, 6) is 0.848. The second-order valence-electron chi connectivity index (χ2n) is 9.95. The molecule has 0 atom stereocenters. The molecule has 39 heavy (non-hydrogen) atoms. The molecule has 0 saturated carbocycles. The summed E-state index contributed by atoms with van der Waals surface area (Å²) in [5, 5.41) is 14.7. The first-order valence-corrected chi connectivity index (χ1v) is 14.2. The third-order valence-electron chi connectivity index (χ3n) is 6.60. The maximum absolute atomic E-state index is 12.0. The predicted octanol–water partition coefficient (Wildman–Crippen LogP) is 6.39. The second-order valence-corrected chi connectivity index (χ2v) is 12.0. The van der Waals surface area contributed by atoms with Gasteiger partial charge in [0.2, 0.25) is 0 Å². The van der Waals surface area contributed by atoms with E-state index >= 15 is 0 Å². The molecule has 2 aromatic heterocycles. The van der Waals surface area contributed by atoms with E-state index in [1.54, 1.807) is 43.5 Å². The highest BCUT2D eigenvalue weighted by atomic mass is 32.2. The molecule has 0 aliphatic rings. The van der Waals surface area contributed by atoms with Gasteiger partial charge in [-0.25, -0.2) is 8.42 Å². The Morgan fingerprint density at radius 2 is 1.77 bits per heavy atom. The van der Waals surface area contributed by atoms with Gasteiger partial charge in [0.15, 0.2) is 15.7 Å². The van der Waals surface area contributed by atoms with Crippen molar-refractivity contribution in [3.8, 4) is 17.2 Å². The molecule has 0 bridgehead atoms. The van der Waals surface area contributed by atoms with Gasteiger partial charge in [0.05, 0.1) is 21.9 Å². The van der Waals surface area contributed by atoms with Crippen LogP contribution in [0.4, 0.5) is 0 Å². The van der Waals surface area contributed by atoms with Crippen LogP contribution in [0.2, 0.25) is 0 Å². The van der Waals surface area contributed by atoms with Crippen molar-refractivity contribution in [2.45, 2.75) is 31.1 Å². The summed E-state index contributed by atoms with van der Waals surface area (Å²) in [6, 6.07) is 25.0. The predicted molar refractivity (Wildman–Crippen MR) is 151 cm³/mol. The maximum atomic E-state index is 12.0. The summed E-state index contributed by atoms with van der Waals surface area (Å²) in [7, 11) is -3.34. The number of nitriles is 1. The van der Waals surface area contributed by atoms with Crippen LogP contribution in [0.1, 0.15) is 42.3 Å². The zero-order chi connectivity index (χ0) is 27.8. The van der Waals surface area contributed by atoms with Crippen LogP contribution >= 0.6 is 0 Å². The molecule has 0 fully saturated rings. The minimum Gasteiger partial charge on any atom is -0.335 e. The number of nitrogens with zero attached hydrogens (tertiary/aromatic N) is 4. The van der Waals surface area contributed by atoms with E-state index in [0.717, 1.165) is 44.3 Å². The maximum Gasteiger partial charge on any atom is 0.251 e. The van der Waals surface area contributed by atoms with Crippen molar-refractivity contribution in [2.24, 2.45) is 0 Å². The third-order valence-corrected chi connectivity index (χ3v) is 7.72. The van der Waals surface area contributed by atoms with Gasteiger partial charge >= 0.3 is 0 Å². The van der Waals surface area contributed by atoms with Crippen LogP contribution < -0.4 is 0 Å². The van der Waals surface area contributed by atoms with Gasteiger partial charge in [-0.2, -0.15) is 10.2 Å². The average molecular weight is 535 g/mol. The van der Waals surface area contributed by atoms with Crippen LogP contribution in [0, 0.1) is 18.3 Å². The summed E-state index contributed by atoms with van der Waals surface area (Å²) in [5.41, 5.74) is 5.33. The second kappa shape index (κ2) is 9.93. The highest BCUT2D eigenvalue weighted by Crippen LogP contribution is 2.36. The lowest BCUT2D eigenvalue weighted by Crippen LogP contribution is -2.14. The lowest BCUT2D eigenvalue weighted by atomic mass is 9.83. The van der Waals surface area contributed by atoms with Crippen LogP contribution in [0.15, 0.2) is 88.4 Å². The fourth-order valence-electron chi connectivity index (χ4n) is 4.40. The SMILES string of the molecule is Cc1noc(/C=C(\c2ccc(S(C)(=O)=O)cc2)c2cccc(-c3cc(C(C)(C)C#N)cc4cccnc34)c2)n1. The Labute approximate surface area is 227 Å². The molecule has 8 heteroatoms. The van der Waals surface area contributed by atoms with Crippen molar-refractivity contribution in [2.75, 3.05) is 6.26 Å². The van der Waals surface area contributed by atoms with E-state index in [4.69, 9.17) is 4.52 Å². The van der Waals surface area contributed by atoms with Crippen molar-refractivity contribution in [3.05, 3.63) is 107 Å². The highest BCUT2D eigenvalue weighted by molar-refractivity contribution is 7.90. The first-order valence-electron chi connectivity index (χ1n) is 12.3. The monoisotopic (exact) mass is 534 g/mol. The molecule has 0 unspecified atom stereocenters. The molecule has 5 rings (SSSR count). The number of fused-ring (bicyclic) bond motifs is 1. The quantitative estimate of drug-likeness (QED) is 0.248. The Morgan fingerprint density at radius 3 is 2.44 bits per heavy atom. The van der Waals surface area contributed by atoms with Crippen LogP contribution in [0.3, 0.4) is 0 Å². The van der Waals surface area contributed by atoms with Gasteiger partial charge in [0, 0.05) is 29.5 Å². The van der Waals surface area contributed by atoms with E-state index in [1.807, 2.05) is 62.4 Å². The number of hydrogen-bond acceptors (Lipinski definition) is 7. The summed E-state index contributed by atoms with van der Waals surface area (Å²) in [4.78, 5) is 9.23. The summed E-state index contributed by atoms with van der Waals surface area (Å²) in [6.45, 7) is 5.55. The fraction of sp³-hybridized carbons (Fsp3) is 0.161. The Bertz CT molecular complexity index is 1880. The zero-order valence-corrected chi connectivity index (χ0v) is 22.8. The summed E-state index contributed by atoms with van der Waals surface area (Å²) < 4.78 is 29.4. The molecule has 0 N–H and O–H groups in total. The lowest BCUT2D eigenvalue weighted by Gasteiger charge is -2.19.